The van der Waals surface area contributed by atoms with E-state index in [0.717, 1.165) is 10.6 Å². The van der Waals surface area contributed by atoms with Crippen LogP contribution in [0.1, 0.15) is 13.8 Å². The van der Waals surface area contributed by atoms with Gasteiger partial charge in [0.1, 0.15) is 18.0 Å². The average molecular weight is 423 g/mol. The van der Waals surface area contributed by atoms with E-state index in [1.54, 1.807) is 32.0 Å². The maximum atomic E-state index is 12.7. The molecule has 1 heterocycles. The standard InChI is InChI=1S/C19H25N3O6S/c1-5-22(6-2)29(25,26)17-7-8-19(24)21(12-17)13-18(23)20-14-9-15(27-3)11-16(10-14)28-4/h7-12H,5-6,13H2,1-4H3,(H,20,23). The van der Waals surface area contributed by atoms with Crippen molar-refractivity contribution in [3.8, 4) is 11.5 Å². The van der Waals surface area contributed by atoms with Gasteiger partial charge < -0.3 is 19.4 Å². The molecular weight excluding hydrogens is 398 g/mol. The number of carbonyl (C=O) groups is 1. The summed E-state index contributed by atoms with van der Waals surface area (Å²) in [4.78, 5) is 24.5. The molecule has 29 heavy (non-hydrogen) atoms. The molecule has 0 radical (unpaired) electrons. The van der Waals surface area contributed by atoms with E-state index in [2.05, 4.69) is 5.32 Å². The van der Waals surface area contributed by atoms with Crippen molar-refractivity contribution in [1.82, 2.24) is 8.87 Å². The van der Waals surface area contributed by atoms with E-state index in [1.807, 2.05) is 0 Å². The molecule has 1 amide bonds. The molecule has 158 valence electrons. The van der Waals surface area contributed by atoms with Gasteiger partial charge >= 0.3 is 0 Å². The number of methoxy groups -OCH3 is 2. The number of nitrogens with zero attached hydrogens (tertiary/aromatic N) is 2. The molecule has 0 saturated heterocycles. The number of sulfonamides is 1. The van der Waals surface area contributed by atoms with Crippen molar-refractivity contribution in [3.63, 3.8) is 0 Å². The van der Waals surface area contributed by atoms with Crippen molar-refractivity contribution in [2.45, 2.75) is 25.3 Å². The van der Waals surface area contributed by atoms with Gasteiger partial charge in [0.15, 0.2) is 0 Å². The van der Waals surface area contributed by atoms with E-state index in [0.29, 0.717) is 30.3 Å². The second-order valence-electron chi connectivity index (χ2n) is 6.07. The zero-order valence-corrected chi connectivity index (χ0v) is 17.7. The molecule has 0 atom stereocenters. The van der Waals surface area contributed by atoms with Crippen molar-refractivity contribution in [2.24, 2.45) is 0 Å². The summed E-state index contributed by atoms with van der Waals surface area (Å²) in [5.74, 6) is 0.480. The Labute approximate surface area is 169 Å². The molecule has 2 rings (SSSR count). The summed E-state index contributed by atoms with van der Waals surface area (Å²) in [5.41, 5.74) is -0.0620. The van der Waals surface area contributed by atoms with Crippen molar-refractivity contribution in [2.75, 3.05) is 32.6 Å². The topological polar surface area (TPSA) is 107 Å². The highest BCUT2D eigenvalue weighted by atomic mass is 32.2. The Hall–Kier alpha value is -2.85. The van der Waals surface area contributed by atoms with Crippen LogP contribution in [0, 0.1) is 0 Å². The van der Waals surface area contributed by atoms with Crippen LogP contribution in [0.25, 0.3) is 0 Å². The normalized spacial score (nSPS) is 11.3. The fraction of sp³-hybridized carbons (Fsp3) is 0.368. The summed E-state index contributed by atoms with van der Waals surface area (Å²) in [6.45, 7) is 3.71. The fourth-order valence-corrected chi connectivity index (χ4v) is 4.21. The van der Waals surface area contributed by atoms with Gasteiger partial charge in [0.05, 0.1) is 19.1 Å². The van der Waals surface area contributed by atoms with E-state index >= 15 is 0 Å². The number of nitrogens with one attached hydrogen (secondary N) is 1. The number of hydrogen-bond acceptors (Lipinski definition) is 6. The molecule has 1 N–H and O–H groups in total. The van der Waals surface area contributed by atoms with Crippen molar-refractivity contribution in [3.05, 3.63) is 46.9 Å². The third-order valence-electron chi connectivity index (χ3n) is 4.25. The summed E-state index contributed by atoms with van der Waals surface area (Å²) < 4.78 is 38.0. The van der Waals surface area contributed by atoms with E-state index < -0.39 is 21.5 Å². The predicted molar refractivity (Wildman–Crippen MR) is 109 cm³/mol. The lowest BCUT2D eigenvalue weighted by molar-refractivity contribution is -0.116. The third kappa shape index (κ3) is 5.36. The molecule has 0 unspecified atom stereocenters. The molecule has 0 fully saturated rings. The third-order valence-corrected chi connectivity index (χ3v) is 6.28. The van der Waals surface area contributed by atoms with Gasteiger partial charge in [0.25, 0.3) is 5.56 Å². The summed E-state index contributed by atoms with van der Waals surface area (Å²) >= 11 is 0. The lowest BCUT2D eigenvalue weighted by Gasteiger charge is -2.19. The molecule has 10 heteroatoms. The minimum Gasteiger partial charge on any atom is -0.497 e. The smallest absolute Gasteiger partial charge is 0.251 e. The lowest BCUT2D eigenvalue weighted by atomic mass is 10.2. The van der Waals surface area contributed by atoms with Crippen molar-refractivity contribution in [1.29, 1.82) is 0 Å². The van der Waals surface area contributed by atoms with Gasteiger partial charge in [0, 0.05) is 49.2 Å². The second kappa shape index (κ2) is 9.57. The molecule has 1 aromatic heterocycles. The minimum atomic E-state index is -3.74. The number of carbonyl (C=O) groups excluding carboxylic acids is 1. The molecule has 0 spiro atoms. The molecule has 0 saturated carbocycles. The molecule has 1 aromatic carbocycles. The first-order valence-electron chi connectivity index (χ1n) is 8.98. The number of ether oxygens (including phenoxy) is 2. The maximum absolute atomic E-state index is 12.7. The van der Waals surface area contributed by atoms with Gasteiger partial charge in [-0.15, -0.1) is 0 Å². The van der Waals surface area contributed by atoms with Crippen LogP contribution in [-0.2, 0) is 21.4 Å². The zero-order chi connectivity index (χ0) is 21.6. The van der Waals surface area contributed by atoms with Crippen LogP contribution in [-0.4, -0.2) is 50.5 Å². The predicted octanol–water partition coefficient (Wildman–Crippen LogP) is 1.53. The van der Waals surface area contributed by atoms with Gasteiger partial charge in [-0.1, -0.05) is 13.8 Å². The number of amides is 1. The van der Waals surface area contributed by atoms with Gasteiger partial charge in [-0.05, 0) is 6.07 Å². The quantitative estimate of drug-likeness (QED) is 0.656. The Morgan fingerprint density at radius 2 is 1.66 bits per heavy atom. The van der Waals surface area contributed by atoms with Crippen LogP contribution in [0.4, 0.5) is 5.69 Å². The van der Waals surface area contributed by atoms with Gasteiger partial charge in [-0.2, -0.15) is 4.31 Å². The Balaban J connectivity index is 2.26. The summed E-state index contributed by atoms with van der Waals surface area (Å²) in [5, 5.41) is 2.65. The average Bonchev–Trinajstić information content (AvgIpc) is 2.69. The molecule has 0 aliphatic carbocycles. The van der Waals surface area contributed by atoms with Crippen molar-refractivity contribution >= 4 is 21.6 Å². The number of anilines is 1. The number of pyridine rings is 1. The second-order valence-corrected chi connectivity index (χ2v) is 8.01. The molecule has 2 aromatic rings. The molecule has 0 bridgehead atoms. The largest absolute Gasteiger partial charge is 0.497 e. The highest BCUT2D eigenvalue weighted by Crippen LogP contribution is 2.25. The van der Waals surface area contributed by atoms with Crippen LogP contribution < -0.4 is 20.3 Å². The Kier molecular flexibility index (Phi) is 7.40. The van der Waals surface area contributed by atoms with Crippen LogP contribution >= 0.6 is 0 Å². The Bertz CT molecular complexity index is 1010. The zero-order valence-electron chi connectivity index (χ0n) is 16.8. The Morgan fingerprint density at radius 3 is 2.17 bits per heavy atom. The van der Waals surface area contributed by atoms with Crippen LogP contribution in [0.2, 0.25) is 0 Å². The summed E-state index contributed by atoms with van der Waals surface area (Å²) in [6.07, 6.45) is 1.18. The van der Waals surface area contributed by atoms with E-state index in [-0.39, 0.29) is 11.4 Å². The van der Waals surface area contributed by atoms with Gasteiger partial charge in [-0.3, -0.25) is 9.59 Å². The van der Waals surface area contributed by atoms with E-state index in [4.69, 9.17) is 9.47 Å². The van der Waals surface area contributed by atoms with E-state index in [1.165, 1.54) is 30.8 Å². The SMILES string of the molecule is CCN(CC)S(=O)(=O)c1ccc(=O)n(CC(=O)Nc2cc(OC)cc(OC)c2)c1. The van der Waals surface area contributed by atoms with Gasteiger partial charge in [-0.25, -0.2) is 8.42 Å². The molecule has 0 aliphatic rings. The maximum Gasteiger partial charge on any atom is 0.251 e. The molecule has 0 aliphatic heterocycles. The fourth-order valence-electron chi connectivity index (χ4n) is 2.73. The first kappa shape index (κ1) is 22.4. The molecule has 9 nitrogen and oxygen atoms in total. The van der Waals surface area contributed by atoms with Crippen LogP contribution in [0.3, 0.4) is 0 Å². The number of rotatable bonds is 9. The monoisotopic (exact) mass is 423 g/mol. The highest BCUT2D eigenvalue weighted by molar-refractivity contribution is 7.89. The first-order valence-corrected chi connectivity index (χ1v) is 10.4. The highest BCUT2D eigenvalue weighted by Gasteiger charge is 2.22. The van der Waals surface area contributed by atoms with Crippen LogP contribution in [0.5, 0.6) is 11.5 Å². The number of benzene rings is 1. The first-order chi connectivity index (χ1) is 13.7. The molecular formula is C19H25N3O6S. The number of aromatic nitrogens is 1. The summed E-state index contributed by atoms with van der Waals surface area (Å²) in [7, 11) is -0.769. The van der Waals surface area contributed by atoms with Crippen molar-refractivity contribution < 1.29 is 22.7 Å². The number of hydrogen-bond donors (Lipinski definition) is 1. The summed E-state index contributed by atoms with van der Waals surface area (Å²) in [6, 6.07) is 7.24. The van der Waals surface area contributed by atoms with Gasteiger partial charge in [0.2, 0.25) is 15.9 Å². The lowest BCUT2D eigenvalue weighted by Crippen LogP contribution is -2.33. The van der Waals surface area contributed by atoms with Crippen LogP contribution in [0.15, 0.2) is 46.2 Å². The van der Waals surface area contributed by atoms with E-state index in [9.17, 15) is 18.0 Å². The Morgan fingerprint density at radius 1 is 1.07 bits per heavy atom. The minimum absolute atomic E-state index is 0.0448.